The number of rotatable bonds is 4. The van der Waals surface area contributed by atoms with E-state index in [9.17, 15) is 9.90 Å². The number of methoxy groups -OCH3 is 2. The Morgan fingerprint density at radius 3 is 2.18 bits per heavy atom. The van der Waals surface area contributed by atoms with Crippen molar-refractivity contribution in [3.8, 4) is 17.2 Å². The van der Waals surface area contributed by atoms with E-state index in [2.05, 4.69) is 28.8 Å². The van der Waals surface area contributed by atoms with Crippen LogP contribution in [0.2, 0.25) is 0 Å². The van der Waals surface area contributed by atoms with E-state index < -0.39 is 5.92 Å². The van der Waals surface area contributed by atoms with Crippen molar-refractivity contribution in [1.82, 2.24) is 0 Å². The number of ketones is 1. The van der Waals surface area contributed by atoms with E-state index >= 15 is 0 Å². The lowest BCUT2D eigenvalue weighted by molar-refractivity contribution is -0.122. The van der Waals surface area contributed by atoms with Crippen LogP contribution in [0.4, 0.5) is 11.4 Å². The van der Waals surface area contributed by atoms with Gasteiger partial charge in [-0.1, -0.05) is 48.5 Å². The monoisotopic (exact) mass is 442 g/mol. The van der Waals surface area contributed by atoms with Crippen LogP contribution in [0.5, 0.6) is 17.2 Å². The summed E-state index contributed by atoms with van der Waals surface area (Å²) in [6.45, 7) is 0. The fourth-order valence-electron chi connectivity index (χ4n) is 4.79. The fourth-order valence-corrected chi connectivity index (χ4v) is 4.79. The molecule has 0 amide bonds. The number of Topliss-reactive ketones (excluding diaryl/α,β-unsaturated/α-hetero) is 1. The number of phenolic OH excluding ortho intramolecular Hbond substituents is 1. The molecule has 0 aromatic heterocycles. The number of para-hydroxylation sites is 2. The Bertz CT molecular complexity index is 1200. The SMILES string of the molecule is COc1cc(C2Nc3ccccc3NC3=CC(c4ccccc4)CC(=O)C32)cc(OC)c1O. The lowest BCUT2D eigenvalue weighted by Gasteiger charge is -2.32. The van der Waals surface area contributed by atoms with Crippen LogP contribution >= 0.6 is 0 Å². The molecule has 0 fully saturated rings. The maximum absolute atomic E-state index is 13.6. The van der Waals surface area contributed by atoms with Crippen LogP contribution in [0.15, 0.2) is 78.5 Å². The first-order valence-electron chi connectivity index (χ1n) is 11.0. The summed E-state index contributed by atoms with van der Waals surface area (Å²) >= 11 is 0. The fraction of sp³-hybridized carbons (Fsp3) is 0.222. The third kappa shape index (κ3) is 3.78. The zero-order valence-corrected chi connectivity index (χ0v) is 18.5. The molecule has 1 aliphatic carbocycles. The first-order chi connectivity index (χ1) is 16.1. The predicted molar refractivity (Wildman–Crippen MR) is 128 cm³/mol. The van der Waals surface area contributed by atoms with Gasteiger partial charge in [0, 0.05) is 18.0 Å². The van der Waals surface area contributed by atoms with Crippen molar-refractivity contribution in [1.29, 1.82) is 0 Å². The third-order valence-electron chi connectivity index (χ3n) is 6.42. The highest BCUT2D eigenvalue weighted by Gasteiger charge is 2.40. The maximum Gasteiger partial charge on any atom is 0.200 e. The zero-order valence-electron chi connectivity index (χ0n) is 18.5. The average Bonchev–Trinajstić information content (AvgIpc) is 3.01. The average molecular weight is 443 g/mol. The van der Waals surface area contributed by atoms with Gasteiger partial charge >= 0.3 is 0 Å². The molecule has 1 heterocycles. The molecule has 3 N–H and O–H groups in total. The summed E-state index contributed by atoms with van der Waals surface area (Å²) in [5.74, 6) is 0.250. The number of hydrogen-bond acceptors (Lipinski definition) is 6. The van der Waals surface area contributed by atoms with Crippen molar-refractivity contribution in [2.45, 2.75) is 18.4 Å². The number of allylic oxidation sites excluding steroid dienone is 1. The molecule has 1 aliphatic heterocycles. The molecule has 2 aliphatic rings. The number of aromatic hydroxyl groups is 1. The minimum atomic E-state index is -0.434. The normalized spacial score (nSPS) is 21.5. The van der Waals surface area contributed by atoms with Crippen molar-refractivity contribution < 1.29 is 19.4 Å². The van der Waals surface area contributed by atoms with Crippen molar-refractivity contribution in [2.24, 2.45) is 5.92 Å². The van der Waals surface area contributed by atoms with E-state index in [4.69, 9.17) is 9.47 Å². The quantitative estimate of drug-likeness (QED) is 0.513. The zero-order chi connectivity index (χ0) is 22.9. The van der Waals surface area contributed by atoms with Gasteiger partial charge in [0.05, 0.1) is 37.6 Å². The summed E-state index contributed by atoms with van der Waals surface area (Å²) in [4.78, 5) is 13.6. The summed E-state index contributed by atoms with van der Waals surface area (Å²) in [6.07, 6.45) is 2.59. The minimum Gasteiger partial charge on any atom is -0.502 e. The van der Waals surface area contributed by atoms with Gasteiger partial charge in [0.15, 0.2) is 11.5 Å². The van der Waals surface area contributed by atoms with Crippen LogP contribution in [-0.4, -0.2) is 25.1 Å². The van der Waals surface area contributed by atoms with Crippen LogP contribution in [0, 0.1) is 5.92 Å². The summed E-state index contributed by atoms with van der Waals surface area (Å²) < 4.78 is 10.8. The number of nitrogens with one attached hydrogen (secondary N) is 2. The van der Waals surface area contributed by atoms with Crippen molar-refractivity contribution >= 4 is 17.2 Å². The number of ether oxygens (including phenoxy) is 2. The summed E-state index contributed by atoms with van der Waals surface area (Å²) in [5, 5.41) is 17.5. The predicted octanol–water partition coefficient (Wildman–Crippen LogP) is 5.24. The Hall–Kier alpha value is -3.93. The molecule has 0 saturated heterocycles. The molecule has 0 saturated carbocycles. The molecule has 3 aromatic carbocycles. The first-order valence-corrected chi connectivity index (χ1v) is 11.0. The second-order valence-electron chi connectivity index (χ2n) is 8.35. The number of benzene rings is 3. The van der Waals surface area contributed by atoms with Gasteiger partial charge < -0.3 is 25.2 Å². The van der Waals surface area contributed by atoms with Crippen LogP contribution in [0.3, 0.4) is 0 Å². The maximum atomic E-state index is 13.6. The number of carbonyl (C=O) groups excluding carboxylic acids is 1. The van der Waals surface area contributed by atoms with Crippen molar-refractivity contribution in [2.75, 3.05) is 24.9 Å². The Morgan fingerprint density at radius 1 is 0.879 bits per heavy atom. The largest absolute Gasteiger partial charge is 0.502 e. The summed E-state index contributed by atoms with van der Waals surface area (Å²) in [5.41, 5.74) is 4.59. The minimum absolute atomic E-state index is 0.00672. The highest BCUT2D eigenvalue weighted by atomic mass is 16.5. The number of anilines is 2. The van der Waals surface area contributed by atoms with Gasteiger partial charge in [0.1, 0.15) is 5.78 Å². The van der Waals surface area contributed by atoms with Gasteiger partial charge in [-0.05, 0) is 35.4 Å². The molecule has 3 aromatic rings. The molecule has 33 heavy (non-hydrogen) atoms. The number of carbonyl (C=O) groups is 1. The number of phenols is 1. The second-order valence-corrected chi connectivity index (χ2v) is 8.35. The first kappa shape index (κ1) is 20.9. The van der Waals surface area contributed by atoms with Gasteiger partial charge in [-0.2, -0.15) is 0 Å². The molecular weight excluding hydrogens is 416 g/mol. The van der Waals surface area contributed by atoms with E-state index in [1.165, 1.54) is 14.2 Å². The van der Waals surface area contributed by atoms with Crippen LogP contribution < -0.4 is 20.1 Å². The van der Waals surface area contributed by atoms with E-state index in [-0.39, 0.29) is 23.5 Å². The Balaban J connectivity index is 1.65. The Labute approximate surface area is 192 Å². The van der Waals surface area contributed by atoms with Gasteiger partial charge in [0.25, 0.3) is 0 Å². The van der Waals surface area contributed by atoms with Crippen LogP contribution in [-0.2, 0) is 4.79 Å². The lowest BCUT2D eigenvalue weighted by Crippen LogP contribution is -2.33. The number of fused-ring (bicyclic) bond motifs is 2. The number of hydrogen-bond donors (Lipinski definition) is 3. The molecule has 0 bridgehead atoms. The van der Waals surface area contributed by atoms with Crippen molar-refractivity contribution in [3.63, 3.8) is 0 Å². The molecule has 5 rings (SSSR count). The van der Waals surface area contributed by atoms with Gasteiger partial charge in [0.2, 0.25) is 5.75 Å². The van der Waals surface area contributed by atoms with E-state index in [1.54, 1.807) is 12.1 Å². The molecular formula is C27H26N2O4. The topological polar surface area (TPSA) is 79.8 Å². The molecule has 3 atom stereocenters. The molecule has 0 spiro atoms. The lowest BCUT2D eigenvalue weighted by atomic mass is 9.76. The highest BCUT2D eigenvalue weighted by molar-refractivity contribution is 5.90. The van der Waals surface area contributed by atoms with E-state index in [1.807, 2.05) is 42.5 Å². The molecule has 6 nitrogen and oxygen atoms in total. The van der Waals surface area contributed by atoms with Crippen molar-refractivity contribution in [3.05, 3.63) is 89.6 Å². The van der Waals surface area contributed by atoms with Crippen LogP contribution in [0.25, 0.3) is 0 Å². The van der Waals surface area contributed by atoms with E-state index in [0.29, 0.717) is 17.9 Å². The Kier molecular flexibility index (Phi) is 5.42. The third-order valence-corrected chi connectivity index (χ3v) is 6.42. The standard InChI is InChI=1S/C27H26N2O4/c1-32-23-14-18(15-24(33-2)27(23)31)26-25-21(28-19-10-6-7-11-20(19)29-26)12-17(13-22(25)30)16-8-4-3-5-9-16/h3-12,14-15,17,25-26,28-29,31H,13H2,1-2H3. The Morgan fingerprint density at radius 2 is 1.52 bits per heavy atom. The smallest absolute Gasteiger partial charge is 0.200 e. The second kappa shape index (κ2) is 8.54. The van der Waals surface area contributed by atoms with Gasteiger partial charge in [-0.15, -0.1) is 0 Å². The summed E-state index contributed by atoms with van der Waals surface area (Å²) in [7, 11) is 2.99. The van der Waals surface area contributed by atoms with Crippen LogP contribution in [0.1, 0.15) is 29.5 Å². The molecule has 3 unspecified atom stereocenters. The van der Waals surface area contributed by atoms with E-state index in [0.717, 1.165) is 28.2 Å². The van der Waals surface area contributed by atoms with Gasteiger partial charge in [-0.3, -0.25) is 4.79 Å². The highest BCUT2D eigenvalue weighted by Crippen LogP contribution is 2.47. The van der Waals surface area contributed by atoms with Gasteiger partial charge in [-0.25, -0.2) is 0 Å². The molecule has 6 heteroatoms. The summed E-state index contributed by atoms with van der Waals surface area (Å²) in [6, 6.07) is 21.2. The molecule has 168 valence electrons. The molecule has 0 radical (unpaired) electrons.